The predicted octanol–water partition coefficient (Wildman–Crippen LogP) is 4.81. The first-order valence-corrected chi connectivity index (χ1v) is 9.85. The van der Waals surface area contributed by atoms with E-state index in [-0.39, 0.29) is 12.0 Å². The molecule has 1 aliphatic rings. The molecule has 1 aromatic carbocycles. The summed E-state index contributed by atoms with van der Waals surface area (Å²) in [6.45, 7) is 8.59. The molecule has 3 aromatic rings. The Morgan fingerprint density at radius 2 is 1.90 bits per heavy atom. The number of pyridine rings is 1. The van der Waals surface area contributed by atoms with Crippen LogP contribution < -0.4 is 15.0 Å². The number of rotatable bonds is 6. The number of anilines is 2. The molecule has 1 amide bonds. The molecular weight excluding hydrogens is 376 g/mol. The Balaban J connectivity index is 1.55. The van der Waals surface area contributed by atoms with E-state index >= 15 is 0 Å². The molecule has 0 atom stereocenters. The van der Waals surface area contributed by atoms with Crippen LogP contribution in [0.5, 0.6) is 5.75 Å². The summed E-state index contributed by atoms with van der Waals surface area (Å²) >= 11 is 0. The van der Waals surface area contributed by atoms with Gasteiger partial charge in [-0.3, -0.25) is 14.7 Å². The molecule has 6 heteroatoms. The topological polar surface area (TPSA) is 70.2 Å². The van der Waals surface area contributed by atoms with Crippen molar-refractivity contribution in [3.63, 3.8) is 0 Å². The monoisotopic (exact) mass is 400 g/mol. The third-order valence-electron chi connectivity index (χ3n) is 4.71. The second-order valence-electron chi connectivity index (χ2n) is 7.35. The van der Waals surface area contributed by atoms with Crippen molar-refractivity contribution in [1.29, 1.82) is 0 Å². The van der Waals surface area contributed by atoms with Crippen molar-refractivity contribution in [3.8, 4) is 5.75 Å². The quantitative estimate of drug-likeness (QED) is 0.623. The van der Waals surface area contributed by atoms with Gasteiger partial charge in [0.25, 0.3) is 5.91 Å². The first-order chi connectivity index (χ1) is 14.5. The number of allylic oxidation sites excluding steroid dienone is 1. The van der Waals surface area contributed by atoms with Crippen LogP contribution in [0.3, 0.4) is 0 Å². The second-order valence-corrected chi connectivity index (χ2v) is 7.35. The van der Waals surface area contributed by atoms with E-state index in [2.05, 4.69) is 21.9 Å². The van der Waals surface area contributed by atoms with Crippen molar-refractivity contribution < 1.29 is 9.53 Å². The highest BCUT2D eigenvalue weighted by molar-refractivity contribution is 5.96. The number of nitrogens with one attached hydrogen (secondary N) is 2. The van der Waals surface area contributed by atoms with Gasteiger partial charge in [0.15, 0.2) is 0 Å². The van der Waals surface area contributed by atoms with Crippen LogP contribution in [-0.2, 0) is 6.54 Å². The molecule has 30 heavy (non-hydrogen) atoms. The summed E-state index contributed by atoms with van der Waals surface area (Å²) in [4.78, 5) is 21.9. The van der Waals surface area contributed by atoms with Gasteiger partial charge in [-0.1, -0.05) is 6.58 Å². The smallest absolute Gasteiger partial charge is 0.268 e. The van der Waals surface area contributed by atoms with Crippen molar-refractivity contribution in [2.24, 2.45) is 0 Å². The highest BCUT2D eigenvalue weighted by atomic mass is 16.5. The highest BCUT2D eigenvalue weighted by Crippen LogP contribution is 2.37. The van der Waals surface area contributed by atoms with Crippen LogP contribution in [-0.4, -0.2) is 22.0 Å². The van der Waals surface area contributed by atoms with Crippen LogP contribution in [0.1, 0.15) is 35.5 Å². The Kier molecular flexibility index (Phi) is 5.39. The molecule has 2 N–H and O–H groups in total. The van der Waals surface area contributed by atoms with E-state index in [9.17, 15) is 4.79 Å². The fraction of sp³-hybridized carbons (Fsp3) is 0.167. The molecule has 0 saturated carbocycles. The average molecular weight is 400 g/mol. The lowest BCUT2D eigenvalue weighted by Gasteiger charge is -2.27. The summed E-state index contributed by atoms with van der Waals surface area (Å²) in [5.41, 5.74) is 4.17. The maximum absolute atomic E-state index is 12.7. The summed E-state index contributed by atoms with van der Waals surface area (Å²) in [6.07, 6.45) is 7.43. The first kappa shape index (κ1) is 19.5. The van der Waals surface area contributed by atoms with Gasteiger partial charge in [0, 0.05) is 35.9 Å². The molecule has 1 aliphatic heterocycles. The third-order valence-corrected chi connectivity index (χ3v) is 4.71. The highest BCUT2D eigenvalue weighted by Gasteiger charge is 2.23. The van der Waals surface area contributed by atoms with E-state index in [1.165, 1.54) is 0 Å². The van der Waals surface area contributed by atoms with Crippen LogP contribution in [0.4, 0.5) is 11.5 Å². The van der Waals surface area contributed by atoms with Crippen LogP contribution >= 0.6 is 0 Å². The average Bonchev–Trinajstić information content (AvgIpc) is 3.17. The fourth-order valence-corrected chi connectivity index (χ4v) is 3.32. The molecule has 6 nitrogen and oxygen atoms in total. The molecule has 0 bridgehead atoms. The summed E-state index contributed by atoms with van der Waals surface area (Å²) in [6, 6.07) is 13.4. The number of nitrogens with zero attached hydrogens (tertiary/aromatic N) is 2. The van der Waals surface area contributed by atoms with E-state index < -0.39 is 0 Å². The Hall–Kier alpha value is -3.80. The number of aromatic nitrogens is 2. The van der Waals surface area contributed by atoms with Crippen LogP contribution in [0.2, 0.25) is 0 Å². The SMILES string of the molecule is C=C1C=Cc2cc(C(=O)NCc3ccncc3)[nH]c2N1c1ccc(OC(C)C)cc1. The maximum atomic E-state index is 12.7. The molecule has 3 heterocycles. The minimum Gasteiger partial charge on any atom is -0.491 e. The van der Waals surface area contributed by atoms with Crippen molar-refractivity contribution >= 4 is 23.5 Å². The number of hydrogen-bond acceptors (Lipinski definition) is 4. The van der Waals surface area contributed by atoms with Gasteiger partial charge in [0.2, 0.25) is 0 Å². The van der Waals surface area contributed by atoms with Crippen molar-refractivity contribution in [2.45, 2.75) is 26.5 Å². The van der Waals surface area contributed by atoms with E-state index in [4.69, 9.17) is 4.74 Å². The van der Waals surface area contributed by atoms with Crippen molar-refractivity contribution in [2.75, 3.05) is 4.90 Å². The zero-order chi connectivity index (χ0) is 21.1. The van der Waals surface area contributed by atoms with E-state index in [0.29, 0.717) is 12.2 Å². The molecule has 0 spiro atoms. The van der Waals surface area contributed by atoms with Gasteiger partial charge in [0.1, 0.15) is 17.3 Å². The zero-order valence-electron chi connectivity index (χ0n) is 17.1. The number of ether oxygens (including phenoxy) is 1. The van der Waals surface area contributed by atoms with Gasteiger partial charge in [-0.2, -0.15) is 0 Å². The molecule has 0 radical (unpaired) electrons. The van der Waals surface area contributed by atoms with Gasteiger partial charge in [-0.25, -0.2) is 0 Å². The van der Waals surface area contributed by atoms with Gasteiger partial charge in [-0.05, 0) is 74.0 Å². The van der Waals surface area contributed by atoms with E-state index in [1.54, 1.807) is 12.4 Å². The molecule has 0 saturated heterocycles. The summed E-state index contributed by atoms with van der Waals surface area (Å²) in [5.74, 6) is 1.46. The Morgan fingerprint density at radius 1 is 1.17 bits per heavy atom. The lowest BCUT2D eigenvalue weighted by molar-refractivity contribution is 0.0946. The van der Waals surface area contributed by atoms with Crippen LogP contribution in [0.15, 0.2) is 73.2 Å². The summed E-state index contributed by atoms with van der Waals surface area (Å²) in [5, 5.41) is 2.94. The standard InChI is InChI=1S/C24H24N4O2/c1-16(2)30-21-8-6-20(7-9-21)28-17(3)4-5-19-14-22(27-23(19)28)24(29)26-15-18-10-12-25-13-11-18/h4-14,16,27H,3,15H2,1-2H3,(H,26,29). The fourth-order valence-electron chi connectivity index (χ4n) is 3.32. The van der Waals surface area contributed by atoms with E-state index in [0.717, 1.165) is 34.1 Å². The van der Waals surface area contributed by atoms with Gasteiger partial charge >= 0.3 is 0 Å². The van der Waals surface area contributed by atoms with Crippen molar-refractivity contribution in [1.82, 2.24) is 15.3 Å². The second kappa shape index (κ2) is 8.29. The Morgan fingerprint density at radius 3 is 2.60 bits per heavy atom. The number of amides is 1. The molecule has 152 valence electrons. The summed E-state index contributed by atoms with van der Waals surface area (Å²) in [7, 11) is 0. The first-order valence-electron chi connectivity index (χ1n) is 9.85. The number of benzene rings is 1. The molecular formula is C24H24N4O2. The Labute approximate surface area is 175 Å². The number of hydrogen-bond donors (Lipinski definition) is 2. The van der Waals surface area contributed by atoms with Gasteiger partial charge in [0.05, 0.1) is 6.10 Å². The zero-order valence-corrected chi connectivity index (χ0v) is 17.1. The van der Waals surface area contributed by atoms with Gasteiger partial charge in [-0.15, -0.1) is 0 Å². The molecule has 4 rings (SSSR count). The summed E-state index contributed by atoms with van der Waals surface area (Å²) < 4.78 is 5.73. The van der Waals surface area contributed by atoms with Crippen LogP contribution in [0.25, 0.3) is 6.08 Å². The number of fused-ring (bicyclic) bond motifs is 1. The molecule has 0 unspecified atom stereocenters. The van der Waals surface area contributed by atoms with E-state index in [1.807, 2.05) is 73.4 Å². The maximum Gasteiger partial charge on any atom is 0.268 e. The lowest BCUT2D eigenvalue weighted by Crippen LogP contribution is -2.23. The minimum absolute atomic E-state index is 0.118. The minimum atomic E-state index is -0.166. The van der Waals surface area contributed by atoms with Crippen molar-refractivity contribution in [3.05, 3.63) is 90.0 Å². The van der Waals surface area contributed by atoms with Crippen LogP contribution in [0, 0.1) is 0 Å². The number of carbonyl (C=O) groups is 1. The number of H-pyrrole nitrogens is 1. The predicted molar refractivity (Wildman–Crippen MR) is 119 cm³/mol. The number of aromatic amines is 1. The molecule has 0 aliphatic carbocycles. The normalized spacial score (nSPS) is 12.8. The van der Waals surface area contributed by atoms with Gasteiger partial charge < -0.3 is 15.0 Å². The number of carbonyl (C=O) groups excluding carboxylic acids is 1. The lowest BCUT2D eigenvalue weighted by atomic mass is 10.1. The molecule has 0 fully saturated rings. The molecule has 2 aromatic heterocycles. The third kappa shape index (κ3) is 4.12. The Bertz CT molecular complexity index is 1080. The largest absolute Gasteiger partial charge is 0.491 e.